The molecule has 150 heavy (non-hydrogen) atoms. The van der Waals surface area contributed by atoms with Crippen molar-refractivity contribution in [3.05, 3.63) is 443 Å². The lowest BCUT2D eigenvalue weighted by molar-refractivity contribution is 0.286. The quantitative estimate of drug-likeness (QED) is 0.0271. The van der Waals surface area contributed by atoms with Gasteiger partial charge >= 0.3 is 0 Å². The van der Waals surface area contributed by atoms with Gasteiger partial charge in [0.15, 0.2) is 23.0 Å². The van der Waals surface area contributed by atoms with E-state index in [9.17, 15) is 0 Å². The van der Waals surface area contributed by atoms with Crippen molar-refractivity contribution in [3.8, 4) is 63.2 Å². The fourth-order valence-electron chi connectivity index (χ4n) is 15.2. The van der Waals surface area contributed by atoms with Crippen LogP contribution >= 0.6 is 134 Å². The van der Waals surface area contributed by atoms with Crippen LogP contribution in [-0.2, 0) is 59.1 Å². The summed E-state index contributed by atoms with van der Waals surface area (Å²) in [6.07, 6.45) is 1.71. The molecule has 0 N–H and O–H groups in total. The van der Waals surface area contributed by atoms with Crippen LogP contribution in [0.2, 0.25) is 78.6 Å². The van der Waals surface area contributed by atoms with Crippen LogP contribution in [0, 0.1) is 0 Å². The third-order valence-electron chi connectivity index (χ3n) is 23.3. The SMILES string of the molecule is COc1cc(OC)c(OCc2ccccc2)c(PCl)c1.COc1ccc(OCc2ccccc2)c(PCl)c1.COc1cccc(PCl)c1OCc1ccccc1.C[Si](C)(C)c1cc(PCl)c(OCc2ccccc2)c([Si](C)(C)C)c1.C[Si](C)(C)c1ccc(OCc2ccccc2)c(PCl)c1.C[Si](C)(C)c1cccc(PCl)c1OCc1ccccc1.ClPc1cc(Cc2ccccc2)cc(Cc2ccccc2)c1OCc1ccccc1. The van der Waals surface area contributed by atoms with E-state index in [-0.39, 0.29) is 55.5 Å². The Hall–Kier alpha value is -8.77. The highest BCUT2D eigenvalue weighted by molar-refractivity contribution is 7.77. The lowest BCUT2D eigenvalue weighted by Gasteiger charge is -2.27. The third kappa shape index (κ3) is 41.2. The van der Waals surface area contributed by atoms with E-state index >= 15 is 0 Å². The normalized spacial score (nSPS) is 11.5. The molecule has 786 valence electrons. The minimum absolute atomic E-state index is 0.0824. The van der Waals surface area contributed by atoms with E-state index in [0.29, 0.717) is 63.5 Å². The summed E-state index contributed by atoms with van der Waals surface area (Å²) >= 11 is 42.8. The summed E-state index contributed by atoms with van der Waals surface area (Å²) in [4.78, 5) is 0. The number of hydrogen-bond donors (Lipinski definition) is 0. The van der Waals surface area contributed by atoms with Gasteiger partial charge in [-0.25, -0.2) is 0 Å². The zero-order valence-electron chi connectivity index (χ0n) is 87.9. The second-order valence-corrected chi connectivity index (χ2v) is 68.0. The molecule has 29 heteroatoms. The Labute approximate surface area is 940 Å². The first-order valence-electron chi connectivity index (χ1n) is 49.0. The van der Waals surface area contributed by atoms with Crippen LogP contribution in [0.3, 0.4) is 0 Å². The topological polar surface area (TPSA) is 102 Å². The second-order valence-electron chi connectivity index (χ2n) is 38.7. The molecular weight excluding hydrogens is 2210 g/mol. The Morgan fingerprint density at radius 3 is 0.853 bits per heavy atom. The number of rotatable bonds is 40. The standard InChI is InChI=1S/C27H24ClOP.C19H28ClOPSi2.2C16H20ClOPSi.C15H16ClO3P.2C14H14ClO2P/c28-30-26-19-24(16-21-10-4-1-5-11-21)18-25(17-22-12-6-2-7-13-22)27(26)29-20-23-14-8-3-9-15-23;1-23(2,3)16-12-17(22-20)19(18(13-16)24(4,5)6)21-14-15-10-8-7-9-11-15;1-20(2,3)15-11-7-10-14(19-17)16(15)18-12-13-8-5-4-6-9-13;1-20(2,3)14-9-10-15(16(11-14)19-17)18-12-13-7-5-4-6-8-13;1-17-12-8-13(18-2)15(14(9-12)20-16)19-10-11-6-4-3-5-7-11;1-16-12-8-5-9-13(18-15)14(12)17-10-11-6-3-2-4-7-11;1-16-12-7-8-13(14(9-12)18-15)17-10-11-5-3-2-4-6-11/h1-15,18-19,30H,16-17,20H2;7-13,22H,14H2,1-6H3;2*4-11,19H,12H2,1-3H3;3-9,20H,10H2,1-2H3;2*2-9,18H,10H2,1H3. The maximum absolute atomic E-state index is 6.41. The summed E-state index contributed by atoms with van der Waals surface area (Å²) < 4.78 is 63.2. The van der Waals surface area contributed by atoms with E-state index < -0.39 is 32.3 Å². The first-order valence-corrected chi connectivity index (χ1v) is 77.1. The molecule has 0 fully saturated rings. The maximum Gasteiger partial charge on any atom is 0.170 e. The highest BCUT2D eigenvalue weighted by Crippen LogP contribution is 2.39. The molecule has 0 saturated heterocycles. The third-order valence-corrected chi connectivity index (χ3v) is 39.8. The molecule has 0 aliphatic carbocycles. The Bertz CT molecular complexity index is 6640. The molecular formula is C121H136Cl7O11P7Si4. The van der Waals surface area contributed by atoms with Crippen LogP contribution in [0.1, 0.15) is 61.2 Å². The van der Waals surface area contributed by atoms with Crippen molar-refractivity contribution >= 4 is 224 Å². The van der Waals surface area contributed by atoms with Crippen LogP contribution in [0.15, 0.2) is 382 Å². The Morgan fingerprint density at radius 1 is 0.187 bits per heavy atom. The van der Waals surface area contributed by atoms with Gasteiger partial charge in [0.1, 0.15) is 86.5 Å². The van der Waals surface area contributed by atoms with Crippen LogP contribution in [0.5, 0.6) is 63.2 Å². The van der Waals surface area contributed by atoms with Gasteiger partial charge in [0.05, 0.1) is 60.7 Å². The van der Waals surface area contributed by atoms with E-state index in [0.717, 1.165) is 113 Å². The molecule has 0 radical (unpaired) electrons. The smallest absolute Gasteiger partial charge is 0.170 e. The Kier molecular flexibility index (Phi) is 53.5. The summed E-state index contributed by atoms with van der Waals surface area (Å²) in [5.74, 6) is 8.94. The van der Waals surface area contributed by atoms with Crippen molar-refractivity contribution in [2.45, 2.75) is 138 Å². The summed E-state index contributed by atoms with van der Waals surface area (Å²) in [5, 5.41) is 12.9. The monoisotopic (exact) mass is 2340 g/mol. The first-order chi connectivity index (χ1) is 72.4. The summed E-state index contributed by atoms with van der Waals surface area (Å²) in [5.41, 5.74) is 13.1. The maximum atomic E-state index is 6.41. The summed E-state index contributed by atoms with van der Waals surface area (Å²) in [6, 6.07) is 129. The van der Waals surface area contributed by atoms with Crippen molar-refractivity contribution < 1.29 is 52.1 Å². The number of benzene rings is 16. The minimum atomic E-state index is -1.53. The highest BCUT2D eigenvalue weighted by atomic mass is 35.7. The summed E-state index contributed by atoms with van der Waals surface area (Å²) in [7, 11) is 2.11. The molecule has 16 aromatic rings. The minimum Gasteiger partial charge on any atom is -0.497 e. The van der Waals surface area contributed by atoms with E-state index in [2.05, 4.69) is 254 Å². The van der Waals surface area contributed by atoms with Crippen LogP contribution in [0.4, 0.5) is 0 Å². The largest absolute Gasteiger partial charge is 0.497 e. The van der Waals surface area contributed by atoms with E-state index in [1.165, 1.54) is 65.0 Å². The number of halogens is 7. The van der Waals surface area contributed by atoms with Crippen LogP contribution in [-0.4, -0.2) is 60.7 Å². The molecule has 16 rings (SSSR count). The van der Waals surface area contributed by atoms with Crippen LogP contribution < -0.4 is 110 Å². The molecule has 0 spiro atoms. The van der Waals surface area contributed by atoms with Gasteiger partial charge in [-0.05, 0) is 133 Å². The molecule has 0 saturated carbocycles. The average molecular weight is 2340 g/mol. The van der Waals surface area contributed by atoms with Gasteiger partial charge in [-0.3, -0.25) is 0 Å². The predicted octanol–water partition coefficient (Wildman–Crippen LogP) is 31.5. The molecule has 0 aromatic heterocycles. The van der Waals surface area contributed by atoms with Crippen LogP contribution in [0.25, 0.3) is 0 Å². The Balaban J connectivity index is 0.000000180. The highest BCUT2D eigenvalue weighted by Gasteiger charge is 2.30. The van der Waals surface area contributed by atoms with Crippen molar-refractivity contribution in [1.29, 1.82) is 0 Å². The zero-order chi connectivity index (χ0) is 108. The lowest BCUT2D eigenvalue weighted by atomic mass is 9.98. The zero-order valence-corrected chi connectivity index (χ0v) is 104. The van der Waals surface area contributed by atoms with Crippen molar-refractivity contribution in [3.63, 3.8) is 0 Å². The fourth-order valence-corrected chi connectivity index (χ4v) is 27.5. The molecule has 7 unspecified atom stereocenters. The predicted molar refractivity (Wildman–Crippen MR) is 674 cm³/mol. The molecule has 16 aromatic carbocycles. The molecule has 7 atom stereocenters. The van der Waals surface area contributed by atoms with Gasteiger partial charge in [-0.15, -0.1) is 0 Å². The van der Waals surface area contributed by atoms with Gasteiger partial charge in [0.2, 0.25) is 0 Å². The van der Waals surface area contributed by atoms with Gasteiger partial charge in [0, 0.05) is 105 Å². The number of methoxy groups -OCH3 is 4. The van der Waals surface area contributed by atoms with Crippen molar-refractivity contribution in [2.24, 2.45) is 0 Å². The van der Waals surface area contributed by atoms with Gasteiger partial charge in [-0.1, -0.05) is 489 Å². The number of ether oxygens (including phenoxy) is 11. The molecule has 0 aliphatic rings. The molecule has 11 nitrogen and oxygen atoms in total. The average Bonchev–Trinajstić information content (AvgIpc) is 0.775. The van der Waals surface area contributed by atoms with Crippen molar-refractivity contribution in [1.82, 2.24) is 0 Å². The lowest BCUT2D eigenvalue weighted by Crippen LogP contribution is -2.47. The molecule has 0 bridgehead atoms. The van der Waals surface area contributed by atoms with Gasteiger partial charge in [0.25, 0.3) is 0 Å². The van der Waals surface area contributed by atoms with Gasteiger partial charge < -0.3 is 52.1 Å². The molecule has 0 amide bonds. The summed E-state index contributed by atoms with van der Waals surface area (Å²) in [6.45, 7) is 32.2. The molecule has 0 aliphatic heterocycles. The molecule has 0 heterocycles. The van der Waals surface area contributed by atoms with Gasteiger partial charge in [-0.2, -0.15) is 0 Å². The number of hydrogen-bond acceptors (Lipinski definition) is 11. The van der Waals surface area contributed by atoms with Crippen molar-refractivity contribution in [2.75, 3.05) is 28.4 Å². The second kappa shape index (κ2) is 65.2. The van der Waals surface area contributed by atoms with E-state index in [4.69, 9.17) is 131 Å². The number of para-hydroxylation sites is 2. The Morgan fingerprint density at radius 2 is 0.487 bits per heavy atom. The van der Waals surface area contributed by atoms with E-state index in [1.807, 2.05) is 200 Å². The van der Waals surface area contributed by atoms with E-state index in [1.54, 1.807) is 34.5 Å². The fraction of sp³-hybridized carbons (Fsp3) is 0.207. The first kappa shape index (κ1) is 123.